The number of hydrogen-bond acceptors (Lipinski definition) is 7. The maximum absolute atomic E-state index is 15.6. The molecule has 1 amide bonds. The minimum absolute atomic E-state index is 0.0615. The van der Waals surface area contributed by atoms with Gasteiger partial charge in [0.2, 0.25) is 5.95 Å². The number of rotatable bonds is 7. The molecule has 1 aliphatic heterocycles. The highest BCUT2D eigenvalue weighted by Crippen LogP contribution is 2.35. The van der Waals surface area contributed by atoms with Gasteiger partial charge in [-0.05, 0) is 56.4 Å². The maximum Gasteiger partial charge on any atom is 0.274 e. The summed E-state index contributed by atoms with van der Waals surface area (Å²) in [5.74, 6) is -0.315. The molecule has 1 saturated carbocycles. The van der Waals surface area contributed by atoms with Crippen LogP contribution in [0.25, 0.3) is 5.69 Å². The Bertz CT molecular complexity index is 1460. The Morgan fingerprint density at radius 1 is 1.18 bits per heavy atom. The first-order chi connectivity index (χ1) is 18.1. The summed E-state index contributed by atoms with van der Waals surface area (Å²) >= 11 is 0. The number of imidazole rings is 1. The number of amides is 1. The molecule has 1 aromatic carbocycles. The van der Waals surface area contributed by atoms with E-state index in [1.807, 2.05) is 6.92 Å². The smallest absolute Gasteiger partial charge is 0.274 e. The predicted octanol–water partition coefficient (Wildman–Crippen LogP) is 3.30. The zero-order valence-electron chi connectivity index (χ0n) is 21.5. The Balaban J connectivity index is 1.36. The molecule has 202 valence electrons. The van der Waals surface area contributed by atoms with Crippen molar-refractivity contribution in [1.82, 2.24) is 24.4 Å². The van der Waals surface area contributed by atoms with E-state index in [0.29, 0.717) is 24.7 Å². The molecule has 2 atom stereocenters. The van der Waals surface area contributed by atoms with E-state index in [1.54, 1.807) is 29.1 Å². The van der Waals surface area contributed by atoms with Crippen LogP contribution in [0.15, 0.2) is 41.7 Å². The molecular formula is C26H30F2N6O3S. The molecule has 0 radical (unpaired) electrons. The Labute approximate surface area is 220 Å². The highest BCUT2D eigenvalue weighted by Gasteiger charge is 2.44. The topological polar surface area (TPSA) is 101 Å². The molecule has 5 rings (SSSR count). The molecule has 3 heterocycles. The van der Waals surface area contributed by atoms with Crippen molar-refractivity contribution < 1.29 is 22.0 Å². The van der Waals surface area contributed by atoms with Crippen molar-refractivity contribution in [3.05, 3.63) is 59.7 Å². The summed E-state index contributed by atoms with van der Waals surface area (Å²) in [4.78, 5) is 30.0. The van der Waals surface area contributed by atoms with Crippen molar-refractivity contribution in [3.63, 3.8) is 0 Å². The lowest BCUT2D eigenvalue weighted by Crippen LogP contribution is -2.55. The van der Waals surface area contributed by atoms with E-state index in [-0.39, 0.29) is 28.9 Å². The molecule has 38 heavy (non-hydrogen) atoms. The van der Waals surface area contributed by atoms with Gasteiger partial charge in [-0.1, -0.05) is 6.92 Å². The van der Waals surface area contributed by atoms with Crippen molar-refractivity contribution in [3.8, 4) is 5.69 Å². The largest absolute Gasteiger partial charge is 0.338 e. The fraction of sp³-hybridized carbons (Fsp3) is 0.462. The second-order valence-corrected chi connectivity index (χ2v) is 12.0. The number of anilines is 1. The molecule has 1 aliphatic carbocycles. The highest BCUT2D eigenvalue weighted by molar-refractivity contribution is 7.90. The van der Waals surface area contributed by atoms with Gasteiger partial charge in [-0.25, -0.2) is 32.2 Å². The molecule has 0 N–H and O–H groups in total. The molecule has 1 saturated heterocycles. The summed E-state index contributed by atoms with van der Waals surface area (Å²) in [5, 5.41) is 0. The van der Waals surface area contributed by atoms with E-state index in [0.717, 1.165) is 37.1 Å². The van der Waals surface area contributed by atoms with E-state index < -0.39 is 33.8 Å². The van der Waals surface area contributed by atoms with Crippen LogP contribution in [-0.2, 0) is 16.3 Å². The standard InChI is InChI=1S/C26H30F2N6O3S/c1-4-17-12-29-26(30-13-17)32-10-9-24(21(28)14-32)34(18-5-6-18)25(35)22-15-33(16(2)31-22)23-8-7-19(11-20(23)27)38(3,36)37/h7-8,11-13,15,18,21,24H,4-6,9-10,14H2,1-3H3. The van der Waals surface area contributed by atoms with Crippen LogP contribution in [0.5, 0.6) is 0 Å². The van der Waals surface area contributed by atoms with E-state index in [9.17, 15) is 17.6 Å². The summed E-state index contributed by atoms with van der Waals surface area (Å²) in [6.45, 7) is 4.24. The van der Waals surface area contributed by atoms with E-state index in [2.05, 4.69) is 15.0 Å². The van der Waals surface area contributed by atoms with Crippen molar-refractivity contribution in [2.45, 2.75) is 62.7 Å². The van der Waals surface area contributed by atoms with Crippen molar-refractivity contribution >= 4 is 21.7 Å². The first-order valence-electron chi connectivity index (χ1n) is 12.7. The van der Waals surface area contributed by atoms with Gasteiger partial charge in [0.25, 0.3) is 5.91 Å². The predicted molar refractivity (Wildman–Crippen MR) is 137 cm³/mol. The molecule has 0 bridgehead atoms. The Morgan fingerprint density at radius 3 is 2.47 bits per heavy atom. The summed E-state index contributed by atoms with van der Waals surface area (Å²) in [6, 6.07) is 2.93. The molecule has 12 heteroatoms. The van der Waals surface area contributed by atoms with Crippen LogP contribution in [0.4, 0.5) is 14.7 Å². The van der Waals surface area contributed by atoms with Gasteiger partial charge >= 0.3 is 0 Å². The fourth-order valence-electron chi connectivity index (χ4n) is 4.89. The van der Waals surface area contributed by atoms with E-state index in [1.165, 1.54) is 22.9 Å². The minimum Gasteiger partial charge on any atom is -0.338 e. The molecule has 2 aromatic heterocycles. The van der Waals surface area contributed by atoms with Crippen LogP contribution < -0.4 is 4.90 Å². The number of aryl methyl sites for hydroxylation is 2. The first kappa shape index (κ1) is 26.2. The van der Waals surface area contributed by atoms with Crippen LogP contribution in [0, 0.1) is 12.7 Å². The summed E-state index contributed by atoms with van der Waals surface area (Å²) < 4.78 is 55.3. The lowest BCUT2D eigenvalue weighted by molar-refractivity contribution is 0.0481. The second-order valence-electron chi connectivity index (χ2n) is 9.94. The third-order valence-corrected chi connectivity index (χ3v) is 8.24. The van der Waals surface area contributed by atoms with E-state index >= 15 is 4.39 Å². The van der Waals surface area contributed by atoms with E-state index in [4.69, 9.17) is 0 Å². The minimum atomic E-state index is -3.57. The van der Waals surface area contributed by atoms with Gasteiger partial charge < -0.3 is 14.4 Å². The number of aromatic nitrogens is 4. The number of sulfone groups is 1. The summed E-state index contributed by atoms with van der Waals surface area (Å²) in [5.41, 5.74) is 1.17. The SMILES string of the molecule is CCc1cnc(N2CCC(N(C(=O)c3cn(-c4ccc(S(C)(=O)=O)cc4F)c(C)n3)C3CC3)C(F)C2)nc1. The molecular weight excluding hydrogens is 514 g/mol. The average Bonchev–Trinajstić information content (AvgIpc) is 3.65. The number of piperidine rings is 1. The zero-order chi connectivity index (χ0) is 27.2. The number of nitrogens with zero attached hydrogens (tertiary/aromatic N) is 6. The van der Waals surface area contributed by atoms with Gasteiger partial charge in [-0.15, -0.1) is 0 Å². The maximum atomic E-state index is 15.6. The van der Waals surface area contributed by atoms with Crippen LogP contribution in [0.2, 0.25) is 0 Å². The Morgan fingerprint density at radius 2 is 1.89 bits per heavy atom. The highest BCUT2D eigenvalue weighted by atomic mass is 32.2. The Hall–Kier alpha value is -3.41. The first-order valence-corrected chi connectivity index (χ1v) is 14.5. The van der Waals surface area contributed by atoms with Gasteiger partial charge in [0, 0.05) is 37.4 Å². The van der Waals surface area contributed by atoms with Gasteiger partial charge in [-0.3, -0.25) is 4.79 Å². The van der Waals surface area contributed by atoms with Gasteiger partial charge in [0.15, 0.2) is 9.84 Å². The third kappa shape index (κ3) is 5.13. The fourth-order valence-corrected chi connectivity index (χ4v) is 5.52. The normalized spacial score (nSPS) is 20.0. The average molecular weight is 545 g/mol. The molecule has 2 aliphatic rings. The number of carbonyl (C=O) groups excluding carboxylic acids is 1. The van der Waals surface area contributed by atoms with Gasteiger partial charge in [0.05, 0.1) is 23.2 Å². The number of alkyl halides is 1. The third-order valence-electron chi connectivity index (χ3n) is 7.13. The Kier molecular flexibility index (Phi) is 6.93. The number of hydrogen-bond donors (Lipinski definition) is 0. The quantitative estimate of drug-likeness (QED) is 0.450. The zero-order valence-corrected chi connectivity index (χ0v) is 22.3. The van der Waals surface area contributed by atoms with Crippen molar-refractivity contribution in [2.75, 3.05) is 24.2 Å². The second kappa shape index (κ2) is 10.0. The number of benzene rings is 1. The van der Waals surface area contributed by atoms with Gasteiger partial charge in [0.1, 0.15) is 23.5 Å². The lowest BCUT2D eigenvalue weighted by Gasteiger charge is -2.40. The molecule has 9 nitrogen and oxygen atoms in total. The molecule has 2 fully saturated rings. The number of halogens is 2. The summed E-state index contributed by atoms with van der Waals surface area (Å²) in [6.07, 6.45) is 7.46. The number of carbonyl (C=O) groups is 1. The molecule has 3 aromatic rings. The van der Waals surface area contributed by atoms with Crippen LogP contribution in [0.1, 0.15) is 48.1 Å². The van der Waals surface area contributed by atoms with Crippen molar-refractivity contribution in [1.29, 1.82) is 0 Å². The molecule has 0 spiro atoms. The molecule has 2 unspecified atom stereocenters. The van der Waals surface area contributed by atoms with Crippen LogP contribution in [0.3, 0.4) is 0 Å². The van der Waals surface area contributed by atoms with Crippen LogP contribution >= 0.6 is 0 Å². The van der Waals surface area contributed by atoms with Gasteiger partial charge in [-0.2, -0.15) is 0 Å². The van der Waals surface area contributed by atoms with Crippen LogP contribution in [-0.4, -0.2) is 76.3 Å². The summed E-state index contributed by atoms with van der Waals surface area (Å²) in [7, 11) is -3.57. The monoisotopic (exact) mass is 544 g/mol. The van der Waals surface area contributed by atoms with Crippen molar-refractivity contribution in [2.24, 2.45) is 0 Å². The lowest BCUT2D eigenvalue weighted by atomic mass is 10.0.